The molecule has 1 aliphatic heterocycles. The molecular weight excluding hydrogens is 348 g/mol. The van der Waals surface area contributed by atoms with Crippen molar-refractivity contribution in [1.29, 1.82) is 0 Å². The molecule has 1 saturated heterocycles. The molecule has 1 amide bonds. The summed E-state index contributed by atoms with van der Waals surface area (Å²) < 4.78 is 0.360. The van der Waals surface area contributed by atoms with Gasteiger partial charge >= 0.3 is 0 Å². The first-order chi connectivity index (χ1) is 11.5. The van der Waals surface area contributed by atoms with E-state index in [0.717, 1.165) is 17.3 Å². The van der Waals surface area contributed by atoms with Gasteiger partial charge in [-0.3, -0.25) is 19.8 Å². The molecule has 1 aliphatic rings. The van der Waals surface area contributed by atoms with Gasteiger partial charge in [0.05, 0.1) is 15.5 Å². The van der Waals surface area contributed by atoms with Crippen molar-refractivity contribution in [1.82, 2.24) is 0 Å². The van der Waals surface area contributed by atoms with Crippen molar-refractivity contribution >= 4 is 51.7 Å². The highest BCUT2D eigenvalue weighted by Crippen LogP contribution is 2.36. The van der Waals surface area contributed by atoms with Gasteiger partial charge < -0.3 is 5.11 Å². The van der Waals surface area contributed by atoms with Crippen LogP contribution >= 0.6 is 24.0 Å². The van der Waals surface area contributed by atoms with Crippen molar-refractivity contribution in [2.75, 3.05) is 4.90 Å². The largest absolute Gasteiger partial charge is 0.508 e. The van der Waals surface area contributed by atoms with E-state index in [1.54, 1.807) is 18.2 Å². The minimum atomic E-state index is -0.501. The van der Waals surface area contributed by atoms with E-state index in [2.05, 4.69) is 0 Å². The maximum atomic E-state index is 12.6. The van der Waals surface area contributed by atoms with Gasteiger partial charge in [-0.15, -0.1) is 0 Å². The van der Waals surface area contributed by atoms with Crippen molar-refractivity contribution in [3.05, 3.63) is 69.1 Å². The summed E-state index contributed by atoms with van der Waals surface area (Å²) in [6.45, 7) is 0. The lowest BCUT2D eigenvalue weighted by atomic mass is 10.2. The minimum Gasteiger partial charge on any atom is -0.508 e. The molecule has 0 aliphatic carbocycles. The Morgan fingerprint density at radius 3 is 2.33 bits per heavy atom. The number of nitrogens with zero attached hydrogens (tertiary/aromatic N) is 2. The van der Waals surface area contributed by atoms with E-state index in [-0.39, 0.29) is 17.3 Å². The van der Waals surface area contributed by atoms with Crippen LogP contribution in [0.5, 0.6) is 5.75 Å². The second-order valence-electron chi connectivity index (χ2n) is 4.88. The Balaban J connectivity index is 1.88. The Bertz CT molecular complexity index is 861. The average molecular weight is 358 g/mol. The molecule has 1 heterocycles. The molecule has 0 radical (unpaired) electrons. The molecule has 0 saturated carbocycles. The number of hydrogen-bond acceptors (Lipinski definition) is 6. The first-order valence-corrected chi connectivity index (χ1v) is 7.99. The predicted molar refractivity (Wildman–Crippen MR) is 96.9 cm³/mol. The molecule has 2 aromatic carbocycles. The van der Waals surface area contributed by atoms with Crippen molar-refractivity contribution in [3.63, 3.8) is 0 Å². The van der Waals surface area contributed by atoms with E-state index >= 15 is 0 Å². The Morgan fingerprint density at radius 2 is 1.75 bits per heavy atom. The number of amides is 1. The van der Waals surface area contributed by atoms with Crippen molar-refractivity contribution in [2.24, 2.45) is 0 Å². The normalized spacial score (nSPS) is 16.0. The molecule has 1 fully saturated rings. The van der Waals surface area contributed by atoms with Gasteiger partial charge in [0.1, 0.15) is 5.75 Å². The van der Waals surface area contributed by atoms with Crippen LogP contribution in [0.2, 0.25) is 0 Å². The number of hydrogen-bond donors (Lipinski definition) is 1. The minimum absolute atomic E-state index is 0.0520. The lowest BCUT2D eigenvalue weighted by Gasteiger charge is -2.13. The number of phenolic OH excluding ortho intramolecular Hbond substituents is 1. The number of benzene rings is 2. The highest BCUT2D eigenvalue weighted by atomic mass is 32.2. The quantitative estimate of drug-likeness (QED) is 0.390. The van der Waals surface area contributed by atoms with Crippen molar-refractivity contribution in [2.45, 2.75) is 0 Å². The van der Waals surface area contributed by atoms with E-state index in [1.807, 2.05) is 0 Å². The second-order valence-corrected chi connectivity index (χ2v) is 6.56. The molecule has 0 spiro atoms. The molecule has 0 aromatic heterocycles. The zero-order valence-corrected chi connectivity index (χ0v) is 13.7. The van der Waals surface area contributed by atoms with Gasteiger partial charge in [0.25, 0.3) is 11.6 Å². The third-order valence-corrected chi connectivity index (χ3v) is 4.61. The molecule has 6 nitrogen and oxygen atoms in total. The van der Waals surface area contributed by atoms with Crippen LogP contribution in [0.1, 0.15) is 5.56 Å². The Hall–Kier alpha value is -2.71. The fourth-order valence-corrected chi connectivity index (χ4v) is 3.43. The topological polar surface area (TPSA) is 83.7 Å². The summed E-state index contributed by atoms with van der Waals surface area (Å²) in [7, 11) is 0. The Kier molecular flexibility index (Phi) is 4.32. The number of aromatic hydroxyl groups is 1. The van der Waals surface area contributed by atoms with Gasteiger partial charge in [-0.1, -0.05) is 36.1 Å². The number of thiocarbonyl (C=S) groups is 1. The maximum Gasteiger partial charge on any atom is 0.270 e. The number of anilines is 1. The summed E-state index contributed by atoms with van der Waals surface area (Å²) in [5.74, 6) is -0.141. The van der Waals surface area contributed by atoms with E-state index in [1.165, 1.54) is 41.3 Å². The van der Waals surface area contributed by atoms with E-state index in [4.69, 9.17) is 12.2 Å². The van der Waals surface area contributed by atoms with Gasteiger partial charge in [0.15, 0.2) is 4.32 Å². The van der Waals surface area contributed by atoms with E-state index in [9.17, 15) is 20.0 Å². The standard InChI is InChI=1S/C16H10N2O4S2/c19-13-7-1-10(2-8-13)9-14-15(20)17(16(23)24-14)11-3-5-12(6-4-11)18(21)22/h1-9,19H/b14-9-. The number of rotatable bonds is 3. The molecule has 1 N–H and O–H groups in total. The summed E-state index contributed by atoms with van der Waals surface area (Å²) >= 11 is 6.41. The van der Waals surface area contributed by atoms with Crippen molar-refractivity contribution < 1.29 is 14.8 Å². The monoisotopic (exact) mass is 358 g/mol. The first kappa shape index (κ1) is 16.2. The van der Waals surface area contributed by atoms with Gasteiger partial charge in [-0.2, -0.15) is 0 Å². The number of carbonyl (C=O) groups is 1. The molecule has 3 rings (SSSR count). The number of carbonyl (C=O) groups excluding carboxylic acids is 1. The smallest absolute Gasteiger partial charge is 0.270 e. The number of non-ortho nitro benzene ring substituents is 1. The van der Waals surface area contributed by atoms with E-state index in [0.29, 0.717) is 14.9 Å². The summed E-state index contributed by atoms with van der Waals surface area (Å²) in [6, 6.07) is 12.1. The Labute approximate surface area is 146 Å². The predicted octanol–water partition coefficient (Wildman–Crippen LogP) is 3.71. The molecular formula is C16H10N2O4S2. The summed E-state index contributed by atoms with van der Waals surface area (Å²) in [4.78, 5) is 24.6. The van der Waals surface area contributed by atoms with Crippen LogP contribution in [0.4, 0.5) is 11.4 Å². The lowest BCUT2D eigenvalue weighted by Crippen LogP contribution is -2.27. The van der Waals surface area contributed by atoms with Crippen LogP contribution in [-0.4, -0.2) is 20.3 Å². The Morgan fingerprint density at radius 1 is 1.12 bits per heavy atom. The molecule has 8 heteroatoms. The zero-order chi connectivity index (χ0) is 17.3. The van der Waals surface area contributed by atoms with Gasteiger partial charge in [-0.25, -0.2) is 0 Å². The molecule has 0 unspecified atom stereocenters. The lowest BCUT2D eigenvalue weighted by molar-refractivity contribution is -0.384. The molecule has 0 bridgehead atoms. The number of thioether (sulfide) groups is 1. The third-order valence-electron chi connectivity index (χ3n) is 3.30. The van der Waals surface area contributed by atoms with Gasteiger partial charge in [0.2, 0.25) is 0 Å². The van der Waals surface area contributed by atoms with Crippen LogP contribution in [0.25, 0.3) is 6.08 Å². The first-order valence-electron chi connectivity index (χ1n) is 6.77. The van der Waals surface area contributed by atoms with Gasteiger partial charge in [0, 0.05) is 12.1 Å². The van der Waals surface area contributed by atoms with Gasteiger partial charge in [-0.05, 0) is 35.9 Å². The SMILES string of the molecule is O=C1/C(=C/c2ccc(O)cc2)SC(=S)N1c1ccc([N+](=O)[O-])cc1. The van der Waals surface area contributed by atoms with Crippen LogP contribution in [0, 0.1) is 10.1 Å². The van der Waals surface area contributed by atoms with Crippen LogP contribution in [0.3, 0.4) is 0 Å². The number of nitro benzene ring substituents is 1. The average Bonchev–Trinajstić information content (AvgIpc) is 2.83. The molecule has 2 aromatic rings. The fourth-order valence-electron chi connectivity index (χ4n) is 2.14. The van der Waals surface area contributed by atoms with Crippen molar-refractivity contribution in [3.8, 4) is 5.75 Å². The van der Waals surface area contributed by atoms with Crippen LogP contribution < -0.4 is 4.90 Å². The molecule has 24 heavy (non-hydrogen) atoms. The fraction of sp³-hybridized carbons (Fsp3) is 0. The third kappa shape index (κ3) is 3.15. The summed E-state index contributed by atoms with van der Waals surface area (Å²) in [6.07, 6.45) is 1.68. The zero-order valence-electron chi connectivity index (χ0n) is 12.1. The van der Waals surface area contributed by atoms with Crippen LogP contribution in [-0.2, 0) is 4.79 Å². The van der Waals surface area contributed by atoms with E-state index < -0.39 is 4.92 Å². The number of phenols is 1. The maximum absolute atomic E-state index is 12.6. The number of nitro groups is 1. The second kappa shape index (κ2) is 6.42. The highest BCUT2D eigenvalue weighted by Gasteiger charge is 2.33. The summed E-state index contributed by atoms with van der Waals surface area (Å²) in [5.41, 5.74) is 1.19. The summed E-state index contributed by atoms with van der Waals surface area (Å²) in [5, 5.41) is 20.0. The molecule has 120 valence electrons. The van der Waals surface area contributed by atoms with Crippen LogP contribution in [0.15, 0.2) is 53.4 Å². The molecule has 0 atom stereocenters. The highest BCUT2D eigenvalue weighted by molar-refractivity contribution is 8.27.